The van der Waals surface area contributed by atoms with E-state index in [1.807, 2.05) is 24.3 Å². The molecule has 0 fully saturated rings. The number of hydrogen-bond donors (Lipinski definition) is 1. The van der Waals surface area contributed by atoms with E-state index in [4.69, 9.17) is 24.7 Å². The van der Waals surface area contributed by atoms with Gasteiger partial charge in [-0.05, 0) is 41.8 Å². The van der Waals surface area contributed by atoms with Crippen molar-refractivity contribution in [3.05, 3.63) is 79.3 Å². The Morgan fingerprint density at radius 3 is 2.53 bits per heavy atom. The molecule has 0 aromatic heterocycles. The number of esters is 1. The van der Waals surface area contributed by atoms with Gasteiger partial charge in [-0.1, -0.05) is 44.0 Å². The second-order valence-corrected chi connectivity index (χ2v) is 9.63. The molecule has 1 aliphatic carbocycles. The molecule has 9 heteroatoms. The molecule has 0 amide bonds. The van der Waals surface area contributed by atoms with Crippen molar-refractivity contribution in [2.75, 3.05) is 14.2 Å². The van der Waals surface area contributed by atoms with Crippen LogP contribution in [0.15, 0.2) is 68.1 Å². The molecular formula is C25H23Br2NO6. The normalized spacial score (nSPS) is 17.8. The lowest BCUT2D eigenvalue weighted by Gasteiger charge is -2.33. The fraction of sp³-hybridized carbons (Fsp3) is 0.280. The third-order valence-corrected chi connectivity index (χ3v) is 7.01. The first-order valence-electron chi connectivity index (χ1n) is 10.6. The summed E-state index contributed by atoms with van der Waals surface area (Å²) in [6, 6.07) is 11.3. The maximum Gasteiger partial charge on any atom is 0.340 e. The number of carbonyl (C=O) groups is 2. The Morgan fingerprint density at radius 2 is 1.85 bits per heavy atom. The molecule has 178 valence electrons. The summed E-state index contributed by atoms with van der Waals surface area (Å²) in [6.07, 6.45) is 1.60. The average molecular weight is 593 g/mol. The minimum absolute atomic E-state index is 0.0632. The molecule has 0 bridgehead atoms. The molecule has 7 nitrogen and oxygen atoms in total. The maximum absolute atomic E-state index is 13.0. The summed E-state index contributed by atoms with van der Waals surface area (Å²) in [5.74, 6) is -0.105. The summed E-state index contributed by atoms with van der Waals surface area (Å²) in [4.78, 5) is 25.7. The summed E-state index contributed by atoms with van der Waals surface area (Å²) in [5, 5.41) is 0. The van der Waals surface area contributed by atoms with Crippen LogP contribution in [0.25, 0.3) is 0 Å². The van der Waals surface area contributed by atoms with E-state index in [-0.39, 0.29) is 17.2 Å². The predicted molar refractivity (Wildman–Crippen MR) is 132 cm³/mol. The lowest BCUT2D eigenvalue weighted by molar-refractivity contribution is -0.136. The summed E-state index contributed by atoms with van der Waals surface area (Å²) >= 11 is 7.03. The topological polar surface area (TPSA) is 97.1 Å². The molecule has 0 radical (unpaired) electrons. The number of Topliss-reactive ketones (excluding diaryl/α,β-unsaturated/α-hetero) is 1. The maximum atomic E-state index is 13.0. The second kappa shape index (κ2) is 10.2. The van der Waals surface area contributed by atoms with Crippen molar-refractivity contribution in [2.24, 2.45) is 5.73 Å². The fourth-order valence-corrected chi connectivity index (χ4v) is 4.98. The molecule has 0 saturated heterocycles. The average Bonchev–Trinajstić information content (AvgIpc) is 2.82. The minimum atomic E-state index is -0.757. The molecule has 2 aromatic rings. The van der Waals surface area contributed by atoms with E-state index in [0.717, 1.165) is 10.0 Å². The van der Waals surface area contributed by atoms with Gasteiger partial charge >= 0.3 is 5.97 Å². The van der Waals surface area contributed by atoms with Crippen molar-refractivity contribution >= 4 is 43.6 Å². The van der Waals surface area contributed by atoms with Crippen molar-refractivity contribution in [1.82, 2.24) is 0 Å². The highest BCUT2D eigenvalue weighted by Gasteiger charge is 2.42. The van der Waals surface area contributed by atoms with Crippen LogP contribution in [0, 0.1) is 0 Å². The van der Waals surface area contributed by atoms with Crippen molar-refractivity contribution in [3.63, 3.8) is 0 Å². The molecule has 2 N–H and O–H groups in total. The van der Waals surface area contributed by atoms with Crippen molar-refractivity contribution in [2.45, 2.75) is 31.8 Å². The van der Waals surface area contributed by atoms with Gasteiger partial charge in [-0.2, -0.15) is 0 Å². The summed E-state index contributed by atoms with van der Waals surface area (Å²) in [5.41, 5.74) is 8.27. The van der Waals surface area contributed by atoms with Crippen LogP contribution < -0.4 is 15.2 Å². The SMILES string of the molecule is COC(=O)C1=C(N)OC2=C(C(=O)CCC2)[C@@H]1c1cc(OC)c(OCc2ccc(Br)cc2)cc1Br. The van der Waals surface area contributed by atoms with Crippen LogP contribution in [-0.2, 0) is 25.7 Å². The Kier molecular flexibility index (Phi) is 7.33. The zero-order valence-corrected chi connectivity index (χ0v) is 21.8. The molecular weight excluding hydrogens is 570 g/mol. The molecule has 1 aliphatic heterocycles. The first kappa shape index (κ1) is 24.3. The molecule has 1 heterocycles. The molecule has 1 atom stereocenters. The number of rotatable bonds is 6. The number of ketones is 1. The van der Waals surface area contributed by atoms with E-state index < -0.39 is 11.9 Å². The van der Waals surface area contributed by atoms with Crippen LogP contribution in [-0.4, -0.2) is 26.0 Å². The first-order valence-corrected chi connectivity index (χ1v) is 12.2. The van der Waals surface area contributed by atoms with Gasteiger partial charge in [-0.15, -0.1) is 0 Å². The molecule has 0 spiro atoms. The number of benzene rings is 2. The molecule has 0 saturated carbocycles. The third-order valence-electron chi connectivity index (χ3n) is 5.79. The number of methoxy groups -OCH3 is 2. The number of nitrogens with two attached hydrogens (primary N) is 1. The van der Waals surface area contributed by atoms with Crippen LogP contribution in [0.4, 0.5) is 0 Å². The zero-order chi connectivity index (χ0) is 24.4. The van der Waals surface area contributed by atoms with E-state index >= 15 is 0 Å². The molecule has 4 rings (SSSR count). The highest BCUT2D eigenvalue weighted by Crippen LogP contribution is 2.48. The largest absolute Gasteiger partial charge is 0.493 e. The van der Waals surface area contributed by atoms with Gasteiger partial charge in [0.25, 0.3) is 0 Å². The standard InChI is InChI=1S/C25H23Br2NO6/c1-31-19-10-15(16(27)11-20(19)33-12-13-6-8-14(26)9-7-13)21-22-17(29)4-3-5-18(22)34-24(28)23(21)25(30)32-2/h6-11,21H,3-5,12,28H2,1-2H3/t21-/m0/s1. The summed E-state index contributed by atoms with van der Waals surface area (Å²) in [6.45, 7) is 0.334. The summed E-state index contributed by atoms with van der Waals surface area (Å²) in [7, 11) is 2.80. The van der Waals surface area contributed by atoms with Crippen molar-refractivity contribution < 1.29 is 28.5 Å². The van der Waals surface area contributed by atoms with Crippen molar-refractivity contribution in [3.8, 4) is 11.5 Å². The summed E-state index contributed by atoms with van der Waals surface area (Å²) < 4.78 is 23.9. The molecule has 2 aromatic carbocycles. The highest BCUT2D eigenvalue weighted by atomic mass is 79.9. The van der Waals surface area contributed by atoms with Crippen LogP contribution in [0.5, 0.6) is 11.5 Å². The van der Waals surface area contributed by atoms with Gasteiger partial charge in [0.2, 0.25) is 5.88 Å². The predicted octanol–water partition coefficient (Wildman–Crippen LogP) is 5.26. The van der Waals surface area contributed by atoms with E-state index in [0.29, 0.717) is 58.7 Å². The van der Waals surface area contributed by atoms with Gasteiger partial charge in [-0.3, -0.25) is 4.79 Å². The first-order chi connectivity index (χ1) is 16.3. The number of hydrogen-bond acceptors (Lipinski definition) is 7. The minimum Gasteiger partial charge on any atom is -0.493 e. The number of ether oxygens (including phenoxy) is 4. The van der Waals surface area contributed by atoms with Crippen LogP contribution in [0.2, 0.25) is 0 Å². The quantitative estimate of drug-likeness (QED) is 0.457. The van der Waals surface area contributed by atoms with Crippen LogP contribution in [0.3, 0.4) is 0 Å². The molecule has 0 unspecified atom stereocenters. The second-order valence-electron chi connectivity index (χ2n) is 7.86. The van der Waals surface area contributed by atoms with Gasteiger partial charge in [0.05, 0.1) is 20.1 Å². The third kappa shape index (κ3) is 4.72. The van der Waals surface area contributed by atoms with Gasteiger partial charge in [0, 0.05) is 27.4 Å². The van der Waals surface area contributed by atoms with Gasteiger partial charge < -0.3 is 24.7 Å². The number of allylic oxidation sites excluding steroid dienone is 2. The van der Waals surface area contributed by atoms with E-state index in [9.17, 15) is 9.59 Å². The number of carbonyl (C=O) groups excluding carboxylic acids is 2. The Bertz CT molecular complexity index is 1200. The van der Waals surface area contributed by atoms with Gasteiger partial charge in [-0.25, -0.2) is 4.79 Å². The zero-order valence-electron chi connectivity index (χ0n) is 18.7. The number of halogens is 2. The lowest BCUT2D eigenvalue weighted by atomic mass is 9.77. The fourth-order valence-electron chi connectivity index (χ4n) is 4.16. The lowest BCUT2D eigenvalue weighted by Crippen LogP contribution is -2.31. The Balaban J connectivity index is 1.76. The molecule has 34 heavy (non-hydrogen) atoms. The smallest absolute Gasteiger partial charge is 0.340 e. The van der Waals surface area contributed by atoms with Gasteiger partial charge in [0.15, 0.2) is 17.3 Å². The van der Waals surface area contributed by atoms with E-state index in [1.165, 1.54) is 14.2 Å². The van der Waals surface area contributed by atoms with E-state index in [1.54, 1.807) is 12.1 Å². The Labute approximate surface area is 214 Å². The Morgan fingerprint density at radius 1 is 1.12 bits per heavy atom. The van der Waals surface area contributed by atoms with E-state index in [2.05, 4.69) is 31.9 Å². The van der Waals surface area contributed by atoms with Crippen LogP contribution in [0.1, 0.15) is 36.3 Å². The van der Waals surface area contributed by atoms with Gasteiger partial charge in [0.1, 0.15) is 17.9 Å². The molecule has 2 aliphatic rings. The highest BCUT2D eigenvalue weighted by molar-refractivity contribution is 9.10. The Hall–Kier alpha value is -2.78. The van der Waals surface area contributed by atoms with Crippen molar-refractivity contribution in [1.29, 1.82) is 0 Å². The monoisotopic (exact) mass is 591 g/mol. The van der Waals surface area contributed by atoms with Crippen LogP contribution >= 0.6 is 31.9 Å².